The molecule has 32 heavy (non-hydrogen) atoms. The lowest BCUT2D eigenvalue weighted by atomic mass is 9.94. The molecule has 1 N–H and O–H groups in total. The van der Waals surface area contributed by atoms with Crippen molar-refractivity contribution in [2.75, 3.05) is 4.90 Å². The minimum atomic E-state index is -0.953. The van der Waals surface area contributed by atoms with Gasteiger partial charge in [0.25, 0.3) is 5.91 Å². The summed E-state index contributed by atoms with van der Waals surface area (Å²) < 4.78 is 19.2. The van der Waals surface area contributed by atoms with Crippen LogP contribution in [-0.4, -0.2) is 16.8 Å². The van der Waals surface area contributed by atoms with Crippen molar-refractivity contribution in [3.63, 3.8) is 0 Å². The van der Waals surface area contributed by atoms with Crippen LogP contribution in [0.3, 0.4) is 0 Å². The normalized spacial score (nSPS) is 16.2. The van der Waals surface area contributed by atoms with Gasteiger partial charge in [-0.3, -0.25) is 14.5 Å². The minimum Gasteiger partial charge on any atom is -0.503 e. The average Bonchev–Trinajstić information content (AvgIpc) is 3.34. The van der Waals surface area contributed by atoms with E-state index in [0.717, 1.165) is 5.39 Å². The second kappa shape index (κ2) is 7.66. The Bertz CT molecular complexity index is 1360. The maximum atomic E-state index is 13.5. The number of carbonyl (C=O) groups excluding carboxylic acids is 2. The van der Waals surface area contributed by atoms with Crippen LogP contribution in [0, 0.1) is 5.82 Å². The van der Waals surface area contributed by atoms with E-state index in [1.165, 1.54) is 29.2 Å². The van der Waals surface area contributed by atoms with Gasteiger partial charge in [0.05, 0.1) is 11.6 Å². The van der Waals surface area contributed by atoms with Crippen LogP contribution in [0.15, 0.2) is 94.6 Å². The van der Waals surface area contributed by atoms with E-state index < -0.39 is 29.3 Å². The molecule has 1 unspecified atom stereocenters. The molecule has 5 nitrogen and oxygen atoms in total. The lowest BCUT2D eigenvalue weighted by molar-refractivity contribution is -0.117. The average molecular weight is 448 g/mol. The van der Waals surface area contributed by atoms with Crippen molar-refractivity contribution < 1.29 is 23.5 Å². The number of hydrogen-bond acceptors (Lipinski definition) is 4. The Kier molecular flexibility index (Phi) is 4.79. The first kappa shape index (κ1) is 20.0. The van der Waals surface area contributed by atoms with Crippen molar-refractivity contribution in [1.29, 1.82) is 0 Å². The molecule has 0 spiro atoms. The first-order chi connectivity index (χ1) is 15.4. The number of amides is 1. The summed E-state index contributed by atoms with van der Waals surface area (Å²) in [5.41, 5.74) is 1.27. The van der Waals surface area contributed by atoms with Crippen LogP contribution >= 0.6 is 11.6 Å². The molecular weight excluding hydrogens is 433 g/mol. The molecule has 0 fully saturated rings. The SMILES string of the molecule is O=C(C1=C(O)C(=O)N(c2ccc(F)cc2)C1c1ccc(Cl)cc1)c1cc2ccccc2o1. The Morgan fingerprint density at radius 3 is 2.38 bits per heavy atom. The molecule has 1 aliphatic rings. The van der Waals surface area contributed by atoms with E-state index in [9.17, 15) is 19.1 Å². The molecule has 2 heterocycles. The predicted octanol–water partition coefficient (Wildman–Crippen LogP) is 6.01. The summed E-state index contributed by atoms with van der Waals surface area (Å²) in [6, 6.07) is 19.6. The summed E-state index contributed by atoms with van der Waals surface area (Å²) in [5, 5.41) is 12.0. The number of aliphatic hydroxyl groups is 1. The molecule has 3 aromatic carbocycles. The van der Waals surface area contributed by atoms with Crippen molar-refractivity contribution in [3.8, 4) is 0 Å². The standard InChI is InChI=1S/C25H15ClFNO4/c26-16-7-5-14(6-8-16)22-21(23(29)20-13-15-3-1-2-4-19(15)32-20)24(30)25(31)28(22)18-11-9-17(27)10-12-18/h1-13,22,30H. The smallest absolute Gasteiger partial charge is 0.294 e. The number of carbonyl (C=O) groups is 2. The minimum absolute atomic E-state index is 0.000435. The Labute approximate surface area is 186 Å². The van der Waals surface area contributed by atoms with Crippen molar-refractivity contribution in [2.45, 2.75) is 6.04 Å². The van der Waals surface area contributed by atoms with Gasteiger partial charge in [0.1, 0.15) is 11.4 Å². The van der Waals surface area contributed by atoms with Gasteiger partial charge in [0, 0.05) is 16.1 Å². The highest BCUT2D eigenvalue weighted by molar-refractivity contribution is 6.30. The van der Waals surface area contributed by atoms with Gasteiger partial charge in [0.15, 0.2) is 11.5 Å². The predicted molar refractivity (Wildman–Crippen MR) is 118 cm³/mol. The first-order valence-electron chi connectivity index (χ1n) is 9.75. The fourth-order valence-corrected chi connectivity index (χ4v) is 4.02. The van der Waals surface area contributed by atoms with Gasteiger partial charge in [-0.2, -0.15) is 0 Å². The summed E-state index contributed by atoms with van der Waals surface area (Å²) in [5.74, 6) is -2.54. The summed E-state index contributed by atoms with van der Waals surface area (Å²) in [6.45, 7) is 0. The van der Waals surface area contributed by atoms with Crippen molar-refractivity contribution in [1.82, 2.24) is 0 Å². The van der Waals surface area contributed by atoms with Crippen LogP contribution < -0.4 is 4.90 Å². The molecule has 5 rings (SSSR count). The summed E-state index contributed by atoms with van der Waals surface area (Å²) in [4.78, 5) is 27.8. The van der Waals surface area contributed by atoms with E-state index in [2.05, 4.69) is 0 Å². The number of hydrogen-bond donors (Lipinski definition) is 1. The maximum absolute atomic E-state index is 13.5. The van der Waals surface area contributed by atoms with E-state index in [1.807, 2.05) is 6.07 Å². The van der Waals surface area contributed by atoms with Gasteiger partial charge >= 0.3 is 0 Å². The molecule has 7 heteroatoms. The number of ketones is 1. The highest BCUT2D eigenvalue weighted by atomic mass is 35.5. The van der Waals surface area contributed by atoms with Gasteiger partial charge in [-0.25, -0.2) is 4.39 Å². The molecule has 0 saturated carbocycles. The van der Waals surface area contributed by atoms with Crippen LogP contribution in [0.1, 0.15) is 22.2 Å². The second-order valence-corrected chi connectivity index (χ2v) is 7.78. The van der Waals surface area contributed by atoms with Crippen molar-refractivity contribution in [3.05, 3.63) is 112 Å². The molecule has 1 aromatic heterocycles. The number of rotatable bonds is 4. The van der Waals surface area contributed by atoms with E-state index in [4.69, 9.17) is 16.0 Å². The lowest BCUT2D eigenvalue weighted by Gasteiger charge is -2.26. The third kappa shape index (κ3) is 3.25. The Morgan fingerprint density at radius 1 is 1.00 bits per heavy atom. The van der Waals surface area contributed by atoms with E-state index in [0.29, 0.717) is 21.9 Å². The quantitative estimate of drug-likeness (QED) is 0.389. The molecule has 1 amide bonds. The van der Waals surface area contributed by atoms with Gasteiger partial charge in [-0.05, 0) is 54.1 Å². The fourth-order valence-electron chi connectivity index (χ4n) is 3.89. The third-order valence-electron chi connectivity index (χ3n) is 5.39. The Morgan fingerprint density at radius 2 is 1.69 bits per heavy atom. The monoisotopic (exact) mass is 447 g/mol. The molecule has 1 atom stereocenters. The number of aliphatic hydroxyl groups excluding tert-OH is 1. The van der Waals surface area contributed by atoms with E-state index >= 15 is 0 Å². The number of anilines is 1. The zero-order valence-corrected chi connectivity index (χ0v) is 17.2. The van der Waals surface area contributed by atoms with Crippen molar-refractivity contribution in [2.24, 2.45) is 0 Å². The molecule has 4 aromatic rings. The number of Topliss-reactive ketones (excluding diaryl/α,β-unsaturated/α-hetero) is 1. The van der Waals surface area contributed by atoms with E-state index in [1.54, 1.807) is 48.5 Å². The number of nitrogens with zero attached hydrogens (tertiary/aromatic N) is 1. The van der Waals surface area contributed by atoms with Crippen LogP contribution in [-0.2, 0) is 4.79 Å². The largest absolute Gasteiger partial charge is 0.503 e. The van der Waals surface area contributed by atoms with Gasteiger partial charge in [-0.15, -0.1) is 0 Å². The summed E-state index contributed by atoms with van der Waals surface area (Å²) >= 11 is 6.02. The van der Waals surface area contributed by atoms with Crippen molar-refractivity contribution >= 4 is 39.9 Å². The molecule has 0 aliphatic carbocycles. The van der Waals surface area contributed by atoms with Crippen LogP contribution in [0.5, 0.6) is 0 Å². The fraction of sp³-hybridized carbons (Fsp3) is 0.0400. The highest BCUT2D eigenvalue weighted by Crippen LogP contribution is 2.42. The van der Waals surface area contributed by atoms with Crippen LogP contribution in [0.4, 0.5) is 10.1 Å². The first-order valence-corrected chi connectivity index (χ1v) is 10.1. The number of halogens is 2. The summed E-state index contributed by atoms with van der Waals surface area (Å²) in [7, 11) is 0. The molecule has 158 valence electrons. The molecule has 0 radical (unpaired) electrons. The summed E-state index contributed by atoms with van der Waals surface area (Å²) in [6.07, 6.45) is 0. The third-order valence-corrected chi connectivity index (χ3v) is 5.64. The maximum Gasteiger partial charge on any atom is 0.294 e. The second-order valence-electron chi connectivity index (χ2n) is 7.35. The molecule has 0 saturated heterocycles. The van der Waals surface area contributed by atoms with E-state index in [-0.39, 0.29) is 11.3 Å². The number of furan rings is 1. The molecule has 1 aliphatic heterocycles. The lowest BCUT2D eigenvalue weighted by Crippen LogP contribution is -2.31. The van der Waals surface area contributed by atoms with Gasteiger partial charge < -0.3 is 9.52 Å². The molecular formula is C25H15ClFNO4. The topological polar surface area (TPSA) is 70.8 Å². The number of para-hydroxylation sites is 1. The number of fused-ring (bicyclic) bond motifs is 1. The molecule has 0 bridgehead atoms. The number of benzene rings is 3. The zero-order chi connectivity index (χ0) is 22.4. The van der Waals surface area contributed by atoms with Gasteiger partial charge in [0.2, 0.25) is 5.78 Å². The highest BCUT2D eigenvalue weighted by Gasteiger charge is 2.45. The van der Waals surface area contributed by atoms with Crippen LogP contribution in [0.25, 0.3) is 11.0 Å². The Balaban J connectivity index is 1.66. The zero-order valence-electron chi connectivity index (χ0n) is 16.5. The Hall–Kier alpha value is -3.90. The van der Waals surface area contributed by atoms with Gasteiger partial charge in [-0.1, -0.05) is 41.9 Å². The van der Waals surface area contributed by atoms with Crippen LogP contribution in [0.2, 0.25) is 5.02 Å².